The number of methoxy groups -OCH3 is 1. The summed E-state index contributed by atoms with van der Waals surface area (Å²) in [7, 11) is 1.67. The molecule has 1 aromatic carbocycles. The molecule has 1 aliphatic rings. The number of anilines is 1. The van der Waals surface area contributed by atoms with E-state index in [0.717, 1.165) is 23.3 Å². The van der Waals surface area contributed by atoms with Gasteiger partial charge in [-0.2, -0.15) is 5.10 Å². The molecule has 1 aliphatic heterocycles. The van der Waals surface area contributed by atoms with Gasteiger partial charge < -0.3 is 20.1 Å². The van der Waals surface area contributed by atoms with Crippen molar-refractivity contribution in [2.45, 2.75) is 39.0 Å². The number of amides is 1. The maximum Gasteiger partial charge on any atom is 0.260 e. The zero-order valence-electron chi connectivity index (χ0n) is 15.5. The summed E-state index contributed by atoms with van der Waals surface area (Å²) in [5, 5.41) is 4.22. The van der Waals surface area contributed by atoms with Crippen LogP contribution in [-0.4, -0.2) is 53.0 Å². The highest BCUT2D eigenvalue weighted by molar-refractivity contribution is 5.78. The van der Waals surface area contributed by atoms with E-state index < -0.39 is 0 Å². The third-order valence-electron chi connectivity index (χ3n) is 4.78. The van der Waals surface area contributed by atoms with E-state index in [1.165, 1.54) is 0 Å². The first kappa shape index (κ1) is 18.3. The summed E-state index contributed by atoms with van der Waals surface area (Å²) < 4.78 is 13.0. The van der Waals surface area contributed by atoms with Crippen LogP contribution >= 0.6 is 0 Å². The van der Waals surface area contributed by atoms with E-state index in [1.807, 2.05) is 43.1 Å². The molecule has 2 N–H and O–H groups in total. The quantitative estimate of drug-likeness (QED) is 0.851. The second-order valence-electron chi connectivity index (χ2n) is 6.81. The highest BCUT2D eigenvalue weighted by atomic mass is 16.5. The van der Waals surface area contributed by atoms with E-state index in [0.29, 0.717) is 18.9 Å². The number of carbonyl (C=O) groups is 1. The minimum absolute atomic E-state index is 0.00829. The first-order chi connectivity index (χ1) is 12.5. The van der Waals surface area contributed by atoms with Crippen LogP contribution < -0.4 is 10.5 Å². The summed E-state index contributed by atoms with van der Waals surface area (Å²) in [6.07, 6.45) is 2.62. The topological polar surface area (TPSA) is 82.6 Å². The number of aromatic nitrogens is 2. The van der Waals surface area contributed by atoms with Crippen molar-refractivity contribution in [1.29, 1.82) is 0 Å². The number of nitrogens with zero attached hydrogens (tertiary/aromatic N) is 3. The molecule has 26 heavy (non-hydrogen) atoms. The number of hydrogen-bond donors (Lipinski definition) is 1. The number of aryl methyl sites for hydroxylation is 2. The molecule has 1 aromatic heterocycles. The van der Waals surface area contributed by atoms with Crippen molar-refractivity contribution in [1.82, 2.24) is 14.7 Å². The van der Waals surface area contributed by atoms with Crippen LogP contribution in [0.15, 0.2) is 30.5 Å². The molecule has 140 valence electrons. The van der Waals surface area contributed by atoms with Crippen LogP contribution in [0.3, 0.4) is 0 Å². The minimum Gasteiger partial charge on any atom is -0.483 e. The van der Waals surface area contributed by atoms with Gasteiger partial charge in [0.05, 0.1) is 18.7 Å². The van der Waals surface area contributed by atoms with Crippen LogP contribution in [0.25, 0.3) is 0 Å². The van der Waals surface area contributed by atoms with Gasteiger partial charge in [-0.15, -0.1) is 0 Å². The molecule has 0 bridgehead atoms. The smallest absolute Gasteiger partial charge is 0.260 e. The van der Waals surface area contributed by atoms with Gasteiger partial charge >= 0.3 is 0 Å². The lowest BCUT2D eigenvalue weighted by molar-refractivity contribution is -0.134. The second kappa shape index (κ2) is 7.78. The summed E-state index contributed by atoms with van der Waals surface area (Å²) in [5.41, 5.74) is 7.80. The van der Waals surface area contributed by atoms with E-state index in [-0.39, 0.29) is 24.7 Å². The molecule has 1 amide bonds. The lowest BCUT2D eigenvalue weighted by atomic mass is 10.1. The zero-order valence-corrected chi connectivity index (χ0v) is 15.5. The van der Waals surface area contributed by atoms with E-state index >= 15 is 0 Å². The average Bonchev–Trinajstić information content (AvgIpc) is 3.21. The normalized spacial score (nSPS) is 19.7. The Bertz CT molecular complexity index is 774. The van der Waals surface area contributed by atoms with Crippen LogP contribution in [0.5, 0.6) is 5.75 Å². The first-order valence-electron chi connectivity index (χ1n) is 8.77. The van der Waals surface area contributed by atoms with Crippen molar-refractivity contribution >= 4 is 11.7 Å². The van der Waals surface area contributed by atoms with Gasteiger partial charge in [-0.05, 0) is 43.5 Å². The van der Waals surface area contributed by atoms with Gasteiger partial charge in [-0.3, -0.25) is 9.48 Å². The number of likely N-dealkylation sites (tertiary alicyclic amines) is 1. The van der Waals surface area contributed by atoms with Gasteiger partial charge in [-0.25, -0.2) is 0 Å². The van der Waals surface area contributed by atoms with Crippen molar-refractivity contribution in [3.63, 3.8) is 0 Å². The molecule has 0 radical (unpaired) electrons. The van der Waals surface area contributed by atoms with Gasteiger partial charge in [-0.1, -0.05) is 12.1 Å². The Labute approximate surface area is 153 Å². The van der Waals surface area contributed by atoms with Crippen molar-refractivity contribution in [2.24, 2.45) is 0 Å². The Kier molecular flexibility index (Phi) is 5.46. The number of benzene rings is 1. The molecule has 0 unspecified atom stereocenters. The van der Waals surface area contributed by atoms with Crippen LogP contribution in [0.2, 0.25) is 0 Å². The van der Waals surface area contributed by atoms with Gasteiger partial charge in [0.2, 0.25) is 0 Å². The fourth-order valence-corrected chi connectivity index (χ4v) is 3.30. The zero-order chi connectivity index (χ0) is 18.7. The number of nitrogens with two attached hydrogens (primary N) is 1. The van der Waals surface area contributed by atoms with Gasteiger partial charge in [0, 0.05) is 19.9 Å². The van der Waals surface area contributed by atoms with Gasteiger partial charge in [0.25, 0.3) is 5.91 Å². The predicted octanol–water partition coefficient (Wildman–Crippen LogP) is 1.78. The maximum atomic E-state index is 12.8. The van der Waals surface area contributed by atoms with Crippen LogP contribution in [0.4, 0.5) is 5.82 Å². The molecule has 0 saturated carbocycles. The Hall–Kier alpha value is -2.54. The molecular weight excluding hydrogens is 332 g/mol. The van der Waals surface area contributed by atoms with E-state index in [9.17, 15) is 4.79 Å². The summed E-state index contributed by atoms with van der Waals surface area (Å²) in [4.78, 5) is 14.6. The number of rotatable bonds is 6. The Morgan fingerprint density at radius 2 is 2.15 bits per heavy atom. The average molecular weight is 358 g/mol. The highest BCUT2D eigenvalue weighted by Gasteiger charge is 2.35. The largest absolute Gasteiger partial charge is 0.483 e. The van der Waals surface area contributed by atoms with Gasteiger partial charge in [0.15, 0.2) is 6.61 Å². The molecule has 0 aliphatic carbocycles. The summed E-state index contributed by atoms with van der Waals surface area (Å²) >= 11 is 0. The van der Waals surface area contributed by atoms with Crippen LogP contribution in [0, 0.1) is 13.8 Å². The third-order valence-corrected chi connectivity index (χ3v) is 4.78. The van der Waals surface area contributed by atoms with E-state index in [4.69, 9.17) is 15.2 Å². The Balaban J connectivity index is 1.66. The third kappa shape index (κ3) is 4.16. The van der Waals surface area contributed by atoms with Crippen molar-refractivity contribution in [3.8, 4) is 5.75 Å². The van der Waals surface area contributed by atoms with Crippen LogP contribution in [-0.2, 0) is 16.1 Å². The van der Waals surface area contributed by atoms with Gasteiger partial charge in [0.1, 0.15) is 11.6 Å². The fourth-order valence-electron chi connectivity index (χ4n) is 3.30. The fraction of sp³-hybridized carbons (Fsp3) is 0.474. The number of carbonyl (C=O) groups excluding carboxylic acids is 1. The molecule has 3 rings (SSSR count). The van der Waals surface area contributed by atoms with E-state index in [2.05, 4.69) is 5.10 Å². The standard InChI is InChI=1S/C19H26N4O3/c1-13-4-5-14(2)17(8-13)26-12-19(24)23-11-16(25-3)9-15(23)10-22-7-6-18(20)21-22/h4-8,15-16H,9-12H2,1-3H3,(H2,20,21)/t15-,16+/m0/s1. The summed E-state index contributed by atoms with van der Waals surface area (Å²) in [5.74, 6) is 1.18. The summed E-state index contributed by atoms with van der Waals surface area (Å²) in [6, 6.07) is 7.73. The molecule has 1 saturated heterocycles. The van der Waals surface area contributed by atoms with Crippen molar-refractivity contribution < 1.29 is 14.3 Å². The van der Waals surface area contributed by atoms with Crippen molar-refractivity contribution in [3.05, 3.63) is 41.6 Å². The molecule has 2 heterocycles. The van der Waals surface area contributed by atoms with Crippen LogP contribution in [0.1, 0.15) is 17.5 Å². The van der Waals surface area contributed by atoms with E-state index in [1.54, 1.807) is 17.9 Å². The minimum atomic E-state index is -0.0458. The monoisotopic (exact) mass is 358 g/mol. The molecule has 2 aromatic rings. The maximum absolute atomic E-state index is 12.8. The molecular formula is C19H26N4O3. The summed E-state index contributed by atoms with van der Waals surface area (Å²) in [6.45, 7) is 5.14. The number of nitrogen functional groups attached to an aromatic ring is 1. The predicted molar refractivity (Wildman–Crippen MR) is 99.0 cm³/mol. The lowest BCUT2D eigenvalue weighted by Gasteiger charge is -2.24. The molecule has 1 fully saturated rings. The lowest BCUT2D eigenvalue weighted by Crippen LogP contribution is -2.41. The number of hydrogen-bond acceptors (Lipinski definition) is 5. The molecule has 7 nitrogen and oxygen atoms in total. The highest BCUT2D eigenvalue weighted by Crippen LogP contribution is 2.23. The SMILES string of the molecule is CO[C@@H]1C[C@@H](Cn2ccc(N)n2)N(C(=O)COc2cc(C)ccc2C)C1. The Morgan fingerprint density at radius 1 is 1.35 bits per heavy atom. The molecule has 0 spiro atoms. The second-order valence-corrected chi connectivity index (χ2v) is 6.81. The molecule has 2 atom stereocenters. The number of ether oxygens (including phenoxy) is 2. The first-order valence-corrected chi connectivity index (χ1v) is 8.77. The van der Waals surface area contributed by atoms with Crippen molar-refractivity contribution in [2.75, 3.05) is 26.0 Å². The Morgan fingerprint density at radius 3 is 2.85 bits per heavy atom. The molecule has 7 heteroatoms.